The molecule has 2 aromatic carbocycles. The molecule has 0 spiro atoms. The number of hydrogen-bond acceptors (Lipinski definition) is 5. The maximum Gasteiger partial charge on any atom is 0.325 e. The van der Waals surface area contributed by atoms with Crippen LogP contribution in [0.4, 0.5) is 20.0 Å². The van der Waals surface area contributed by atoms with Gasteiger partial charge >= 0.3 is 6.03 Å². The van der Waals surface area contributed by atoms with Crippen molar-refractivity contribution >= 4 is 28.2 Å². The number of nitrogens with one attached hydrogen (secondary N) is 2. The third-order valence-corrected chi connectivity index (χ3v) is 3.95. The molecule has 3 aromatic rings. The Balaban J connectivity index is 1.68. The van der Waals surface area contributed by atoms with E-state index in [2.05, 4.69) is 20.8 Å². The summed E-state index contributed by atoms with van der Waals surface area (Å²) in [7, 11) is 1.55. The Kier molecular flexibility index (Phi) is 4.66. The van der Waals surface area contributed by atoms with E-state index < -0.39 is 6.03 Å². The fourth-order valence-corrected chi connectivity index (χ4v) is 2.74. The molecule has 8 heteroatoms. The van der Waals surface area contributed by atoms with Gasteiger partial charge in [0, 0.05) is 17.3 Å². The maximum absolute atomic E-state index is 13.7. The lowest BCUT2D eigenvalue weighted by atomic mass is 10.2. The predicted molar refractivity (Wildman–Crippen MR) is 90.9 cm³/mol. The van der Waals surface area contributed by atoms with Gasteiger partial charge in [-0.2, -0.15) is 0 Å². The fourth-order valence-electron chi connectivity index (χ4n) is 1.98. The second kappa shape index (κ2) is 7.05. The summed E-state index contributed by atoms with van der Waals surface area (Å²) in [5, 5.41) is 13.6. The molecule has 2 N–H and O–H groups in total. The van der Waals surface area contributed by atoms with Gasteiger partial charge in [0.05, 0.1) is 7.11 Å². The number of amides is 2. The smallest absolute Gasteiger partial charge is 0.325 e. The molecule has 0 saturated carbocycles. The normalized spacial score (nSPS) is 10.2. The van der Waals surface area contributed by atoms with Crippen molar-refractivity contribution in [1.82, 2.24) is 10.2 Å². The second-order valence-electron chi connectivity index (χ2n) is 4.70. The van der Waals surface area contributed by atoms with Crippen LogP contribution in [0.15, 0.2) is 48.5 Å². The second-order valence-corrected chi connectivity index (χ2v) is 5.68. The number of anilines is 2. The van der Waals surface area contributed by atoms with Gasteiger partial charge in [-0.1, -0.05) is 29.5 Å². The molecule has 3 rings (SSSR count). The van der Waals surface area contributed by atoms with Gasteiger partial charge in [0.15, 0.2) is 5.01 Å². The number of methoxy groups -OCH3 is 1. The highest BCUT2D eigenvalue weighted by molar-refractivity contribution is 7.18. The zero-order chi connectivity index (χ0) is 16.9. The van der Waals surface area contributed by atoms with E-state index in [1.165, 1.54) is 6.07 Å². The molecule has 1 heterocycles. The predicted octanol–water partition coefficient (Wildman–Crippen LogP) is 4.00. The summed E-state index contributed by atoms with van der Waals surface area (Å²) < 4.78 is 18.8. The quantitative estimate of drug-likeness (QED) is 0.750. The minimum atomic E-state index is -0.473. The SMILES string of the molecule is COc1cccc(NC(=O)Nc2nnc(-c3ccccc3F)s2)c1. The van der Waals surface area contributed by atoms with Gasteiger partial charge in [-0.3, -0.25) is 5.32 Å². The summed E-state index contributed by atoms with van der Waals surface area (Å²) in [6.07, 6.45) is 0. The molecule has 0 aliphatic heterocycles. The van der Waals surface area contributed by atoms with Crippen molar-refractivity contribution in [2.45, 2.75) is 0 Å². The van der Waals surface area contributed by atoms with Crippen LogP contribution in [-0.4, -0.2) is 23.3 Å². The molecule has 0 unspecified atom stereocenters. The van der Waals surface area contributed by atoms with Crippen LogP contribution in [0.2, 0.25) is 0 Å². The highest BCUT2D eigenvalue weighted by atomic mass is 32.1. The number of urea groups is 1. The Hall–Kier alpha value is -3.00. The molecule has 0 atom stereocenters. The monoisotopic (exact) mass is 344 g/mol. The van der Waals surface area contributed by atoms with Crippen LogP contribution in [0.3, 0.4) is 0 Å². The van der Waals surface area contributed by atoms with Gasteiger partial charge in [-0.15, -0.1) is 10.2 Å². The molecule has 0 aliphatic rings. The van der Waals surface area contributed by atoms with Crippen LogP contribution < -0.4 is 15.4 Å². The lowest BCUT2D eigenvalue weighted by Gasteiger charge is -2.06. The number of carbonyl (C=O) groups excluding carboxylic acids is 1. The van der Waals surface area contributed by atoms with Crippen molar-refractivity contribution < 1.29 is 13.9 Å². The Morgan fingerprint density at radius 2 is 1.96 bits per heavy atom. The number of carbonyl (C=O) groups is 1. The lowest BCUT2D eigenvalue weighted by molar-refractivity contribution is 0.262. The summed E-state index contributed by atoms with van der Waals surface area (Å²) in [5.41, 5.74) is 0.918. The number of halogens is 1. The molecule has 0 bridgehead atoms. The molecular weight excluding hydrogens is 331 g/mol. The van der Waals surface area contributed by atoms with E-state index in [0.717, 1.165) is 11.3 Å². The Morgan fingerprint density at radius 3 is 2.75 bits per heavy atom. The van der Waals surface area contributed by atoms with Crippen molar-refractivity contribution in [3.05, 3.63) is 54.3 Å². The maximum atomic E-state index is 13.7. The van der Waals surface area contributed by atoms with E-state index >= 15 is 0 Å². The van der Waals surface area contributed by atoms with Crippen molar-refractivity contribution in [3.63, 3.8) is 0 Å². The van der Waals surface area contributed by atoms with Crippen LogP contribution in [0.1, 0.15) is 0 Å². The first-order valence-corrected chi connectivity index (χ1v) is 7.78. The third-order valence-electron chi connectivity index (χ3n) is 3.08. The standard InChI is InChI=1S/C16H13FN4O2S/c1-23-11-6-4-5-10(9-11)18-15(22)19-16-21-20-14(24-16)12-7-2-3-8-13(12)17/h2-9H,1H3,(H2,18,19,21,22). The topological polar surface area (TPSA) is 76.1 Å². The van der Waals surface area contributed by atoms with E-state index in [0.29, 0.717) is 22.0 Å². The van der Waals surface area contributed by atoms with Crippen molar-refractivity contribution in [3.8, 4) is 16.3 Å². The molecule has 0 aliphatic carbocycles. The average Bonchev–Trinajstić information content (AvgIpc) is 3.03. The van der Waals surface area contributed by atoms with Gasteiger partial charge in [-0.05, 0) is 24.3 Å². The van der Waals surface area contributed by atoms with E-state index in [1.54, 1.807) is 49.6 Å². The summed E-state index contributed by atoms with van der Waals surface area (Å²) >= 11 is 1.09. The minimum Gasteiger partial charge on any atom is -0.497 e. The Labute approximate surface area is 141 Å². The molecule has 122 valence electrons. The number of ether oxygens (including phenoxy) is 1. The Bertz CT molecular complexity index is 869. The van der Waals surface area contributed by atoms with Crippen LogP contribution in [0.5, 0.6) is 5.75 Å². The van der Waals surface area contributed by atoms with Crippen LogP contribution in [0, 0.1) is 5.82 Å². The molecule has 6 nitrogen and oxygen atoms in total. The van der Waals surface area contributed by atoms with Gasteiger partial charge in [-0.25, -0.2) is 9.18 Å². The van der Waals surface area contributed by atoms with Crippen LogP contribution >= 0.6 is 11.3 Å². The highest BCUT2D eigenvalue weighted by Crippen LogP contribution is 2.28. The molecular formula is C16H13FN4O2S. The van der Waals surface area contributed by atoms with Gasteiger partial charge in [0.25, 0.3) is 0 Å². The van der Waals surface area contributed by atoms with E-state index in [4.69, 9.17) is 4.74 Å². The number of rotatable bonds is 4. The first kappa shape index (κ1) is 15.9. The number of hydrogen-bond donors (Lipinski definition) is 2. The zero-order valence-electron chi connectivity index (χ0n) is 12.6. The molecule has 0 saturated heterocycles. The van der Waals surface area contributed by atoms with Gasteiger partial charge < -0.3 is 10.1 Å². The first-order chi connectivity index (χ1) is 11.7. The van der Waals surface area contributed by atoms with Gasteiger partial charge in [0.2, 0.25) is 5.13 Å². The van der Waals surface area contributed by atoms with E-state index in [1.807, 2.05) is 0 Å². The summed E-state index contributed by atoms with van der Waals surface area (Å²) in [6, 6.07) is 12.7. The van der Waals surface area contributed by atoms with E-state index in [-0.39, 0.29) is 10.9 Å². The molecule has 0 radical (unpaired) electrons. The van der Waals surface area contributed by atoms with Crippen molar-refractivity contribution in [2.24, 2.45) is 0 Å². The van der Waals surface area contributed by atoms with Gasteiger partial charge in [0.1, 0.15) is 11.6 Å². The highest BCUT2D eigenvalue weighted by Gasteiger charge is 2.12. The average molecular weight is 344 g/mol. The number of benzene rings is 2. The number of aromatic nitrogens is 2. The summed E-state index contributed by atoms with van der Waals surface area (Å²) in [5.74, 6) is 0.242. The molecule has 1 aromatic heterocycles. The van der Waals surface area contributed by atoms with Crippen LogP contribution in [0.25, 0.3) is 10.6 Å². The molecule has 24 heavy (non-hydrogen) atoms. The lowest BCUT2D eigenvalue weighted by Crippen LogP contribution is -2.19. The largest absolute Gasteiger partial charge is 0.497 e. The molecule has 0 fully saturated rings. The summed E-state index contributed by atoms with van der Waals surface area (Å²) in [6.45, 7) is 0. The third kappa shape index (κ3) is 3.66. The van der Waals surface area contributed by atoms with Crippen LogP contribution in [-0.2, 0) is 0 Å². The first-order valence-electron chi connectivity index (χ1n) is 6.96. The summed E-state index contributed by atoms with van der Waals surface area (Å²) in [4.78, 5) is 12.0. The van der Waals surface area contributed by atoms with Crippen molar-refractivity contribution in [2.75, 3.05) is 17.7 Å². The molecule has 2 amide bonds. The minimum absolute atomic E-state index is 0.272. The van der Waals surface area contributed by atoms with E-state index in [9.17, 15) is 9.18 Å². The zero-order valence-corrected chi connectivity index (χ0v) is 13.4. The van der Waals surface area contributed by atoms with Crippen molar-refractivity contribution in [1.29, 1.82) is 0 Å². The number of nitrogens with zero attached hydrogens (tertiary/aromatic N) is 2. The Morgan fingerprint density at radius 1 is 1.12 bits per heavy atom. The fraction of sp³-hybridized carbons (Fsp3) is 0.0625.